The van der Waals surface area contributed by atoms with Gasteiger partial charge in [0, 0.05) is 29.7 Å². The predicted molar refractivity (Wildman–Crippen MR) is 97.9 cm³/mol. The highest BCUT2D eigenvalue weighted by Crippen LogP contribution is 2.30. The smallest absolute Gasteiger partial charge is 0.243 e. The third-order valence-electron chi connectivity index (χ3n) is 4.59. The van der Waals surface area contributed by atoms with E-state index in [1.54, 1.807) is 22.5 Å². The molecule has 0 atom stereocenters. The van der Waals surface area contributed by atoms with Crippen molar-refractivity contribution in [1.82, 2.24) is 18.9 Å². The SMILES string of the molecule is O=S(=O)(c1cccc(Br)c1)N1CCC(c2nnc3ccccn23)CC1. The minimum Gasteiger partial charge on any atom is -0.286 e. The summed E-state index contributed by atoms with van der Waals surface area (Å²) in [6, 6.07) is 12.6. The van der Waals surface area contributed by atoms with Crippen LogP contribution in [0.5, 0.6) is 0 Å². The summed E-state index contributed by atoms with van der Waals surface area (Å²) < 4.78 is 29.9. The lowest BCUT2D eigenvalue weighted by Gasteiger charge is -2.30. The van der Waals surface area contributed by atoms with Gasteiger partial charge in [-0.05, 0) is 43.2 Å². The van der Waals surface area contributed by atoms with Crippen molar-refractivity contribution >= 4 is 31.6 Å². The molecule has 0 spiro atoms. The van der Waals surface area contributed by atoms with Crippen LogP contribution >= 0.6 is 15.9 Å². The van der Waals surface area contributed by atoms with Gasteiger partial charge in [-0.15, -0.1) is 10.2 Å². The predicted octanol–water partition coefficient (Wildman–Crippen LogP) is 3.06. The maximum absolute atomic E-state index is 12.8. The average Bonchev–Trinajstić information content (AvgIpc) is 3.06. The fourth-order valence-corrected chi connectivity index (χ4v) is 5.34. The average molecular weight is 421 g/mol. The van der Waals surface area contributed by atoms with Crippen LogP contribution < -0.4 is 0 Å². The molecule has 1 aliphatic rings. The molecule has 0 aliphatic carbocycles. The number of piperidine rings is 1. The van der Waals surface area contributed by atoms with Crippen LogP contribution in [-0.4, -0.2) is 40.4 Å². The van der Waals surface area contributed by atoms with Gasteiger partial charge in [0.05, 0.1) is 4.90 Å². The largest absolute Gasteiger partial charge is 0.286 e. The molecule has 130 valence electrons. The summed E-state index contributed by atoms with van der Waals surface area (Å²) in [5.74, 6) is 1.13. The van der Waals surface area contributed by atoms with Gasteiger partial charge in [-0.2, -0.15) is 4.31 Å². The first-order valence-corrected chi connectivity index (χ1v) is 10.3. The molecule has 8 heteroatoms. The molecule has 6 nitrogen and oxygen atoms in total. The van der Waals surface area contributed by atoms with Crippen molar-refractivity contribution in [3.8, 4) is 0 Å². The van der Waals surface area contributed by atoms with Gasteiger partial charge in [-0.25, -0.2) is 8.42 Å². The van der Waals surface area contributed by atoms with E-state index in [9.17, 15) is 8.42 Å². The van der Waals surface area contributed by atoms with Crippen molar-refractivity contribution < 1.29 is 8.42 Å². The number of hydrogen-bond donors (Lipinski definition) is 0. The van der Waals surface area contributed by atoms with Crippen LogP contribution in [0.1, 0.15) is 24.6 Å². The highest BCUT2D eigenvalue weighted by molar-refractivity contribution is 9.10. The van der Waals surface area contributed by atoms with E-state index in [4.69, 9.17) is 0 Å². The van der Waals surface area contributed by atoms with Crippen molar-refractivity contribution in [1.29, 1.82) is 0 Å². The standard InChI is InChI=1S/C17H17BrN4O2S/c18-14-4-3-5-15(12-14)25(23,24)21-10-7-13(8-11-21)17-20-19-16-6-1-2-9-22(16)17/h1-6,9,12-13H,7-8,10-11H2. The van der Waals surface area contributed by atoms with E-state index < -0.39 is 10.0 Å². The molecule has 4 rings (SSSR count). The second kappa shape index (κ2) is 6.51. The van der Waals surface area contributed by atoms with E-state index >= 15 is 0 Å². The maximum atomic E-state index is 12.8. The zero-order valence-electron chi connectivity index (χ0n) is 13.4. The molecular formula is C17H17BrN4O2S. The number of sulfonamides is 1. The molecule has 0 saturated carbocycles. The first-order chi connectivity index (χ1) is 12.1. The zero-order valence-corrected chi connectivity index (χ0v) is 15.8. The molecule has 0 radical (unpaired) electrons. The van der Waals surface area contributed by atoms with E-state index in [0.29, 0.717) is 18.0 Å². The Labute approximate surface area is 154 Å². The number of aromatic nitrogens is 3. The van der Waals surface area contributed by atoms with Crippen LogP contribution in [-0.2, 0) is 10.0 Å². The lowest BCUT2D eigenvalue weighted by Crippen LogP contribution is -2.38. The van der Waals surface area contributed by atoms with Crippen molar-refractivity contribution in [2.75, 3.05) is 13.1 Å². The minimum absolute atomic E-state index is 0.214. The lowest BCUT2D eigenvalue weighted by molar-refractivity contribution is 0.312. The molecule has 3 aromatic rings. The van der Waals surface area contributed by atoms with Gasteiger partial charge >= 0.3 is 0 Å². The van der Waals surface area contributed by atoms with Crippen molar-refractivity contribution in [2.24, 2.45) is 0 Å². The number of nitrogens with zero attached hydrogens (tertiary/aromatic N) is 4. The van der Waals surface area contributed by atoms with E-state index in [0.717, 1.165) is 28.8 Å². The molecule has 2 aromatic heterocycles. The molecule has 1 aromatic carbocycles. The molecule has 0 unspecified atom stereocenters. The first kappa shape index (κ1) is 16.7. The van der Waals surface area contributed by atoms with E-state index in [2.05, 4.69) is 26.1 Å². The van der Waals surface area contributed by atoms with Crippen molar-refractivity contribution in [3.63, 3.8) is 0 Å². The van der Waals surface area contributed by atoms with Gasteiger partial charge < -0.3 is 0 Å². The summed E-state index contributed by atoms with van der Waals surface area (Å²) in [7, 11) is -3.46. The molecule has 1 fully saturated rings. The number of pyridine rings is 1. The van der Waals surface area contributed by atoms with E-state index in [1.165, 1.54) is 0 Å². The van der Waals surface area contributed by atoms with Crippen LogP contribution in [0.2, 0.25) is 0 Å². The Hall–Kier alpha value is -1.77. The fourth-order valence-electron chi connectivity index (χ4n) is 3.27. The lowest BCUT2D eigenvalue weighted by atomic mass is 9.97. The van der Waals surface area contributed by atoms with Gasteiger partial charge in [0.1, 0.15) is 5.82 Å². The highest BCUT2D eigenvalue weighted by atomic mass is 79.9. The van der Waals surface area contributed by atoms with Crippen LogP contribution in [0, 0.1) is 0 Å². The van der Waals surface area contributed by atoms with E-state index in [1.807, 2.05) is 34.9 Å². The first-order valence-electron chi connectivity index (χ1n) is 8.11. The van der Waals surface area contributed by atoms with Crippen LogP contribution in [0.4, 0.5) is 0 Å². The second-order valence-electron chi connectivity index (χ2n) is 6.12. The monoisotopic (exact) mass is 420 g/mol. The molecule has 0 amide bonds. The molecule has 3 heterocycles. The summed E-state index contributed by atoms with van der Waals surface area (Å²) in [6.45, 7) is 0.975. The Balaban J connectivity index is 1.53. The summed E-state index contributed by atoms with van der Waals surface area (Å²) in [5.41, 5.74) is 0.821. The molecule has 0 bridgehead atoms. The molecule has 25 heavy (non-hydrogen) atoms. The van der Waals surface area contributed by atoms with Gasteiger partial charge in [-0.3, -0.25) is 4.40 Å². The Morgan fingerprint density at radius 2 is 1.84 bits per heavy atom. The number of benzene rings is 1. The maximum Gasteiger partial charge on any atom is 0.243 e. The Bertz CT molecular complexity index is 1010. The van der Waals surface area contributed by atoms with Crippen molar-refractivity contribution in [2.45, 2.75) is 23.7 Å². The number of halogens is 1. The molecule has 1 aliphatic heterocycles. The Kier molecular flexibility index (Phi) is 4.35. The summed E-state index contributed by atoms with van der Waals surface area (Å²) >= 11 is 3.34. The minimum atomic E-state index is -3.46. The fraction of sp³-hybridized carbons (Fsp3) is 0.294. The zero-order chi connectivity index (χ0) is 17.4. The summed E-state index contributed by atoms with van der Waals surface area (Å²) in [5, 5.41) is 8.51. The van der Waals surface area contributed by atoms with Gasteiger partial charge in [0.2, 0.25) is 10.0 Å². The number of hydrogen-bond acceptors (Lipinski definition) is 4. The van der Waals surface area contributed by atoms with Gasteiger partial charge in [0.15, 0.2) is 5.65 Å². The quantitative estimate of drug-likeness (QED) is 0.652. The molecule has 0 N–H and O–H groups in total. The highest BCUT2D eigenvalue weighted by Gasteiger charge is 2.31. The van der Waals surface area contributed by atoms with Gasteiger partial charge in [0.25, 0.3) is 0 Å². The normalized spacial score (nSPS) is 17.2. The summed E-state index contributed by atoms with van der Waals surface area (Å²) in [6.07, 6.45) is 3.43. The molecular weight excluding hydrogens is 404 g/mol. The topological polar surface area (TPSA) is 67.6 Å². The van der Waals surface area contributed by atoms with Crippen LogP contribution in [0.25, 0.3) is 5.65 Å². The third kappa shape index (κ3) is 3.09. The van der Waals surface area contributed by atoms with Crippen molar-refractivity contribution in [3.05, 3.63) is 59.0 Å². The Morgan fingerprint density at radius 3 is 2.60 bits per heavy atom. The van der Waals surface area contributed by atoms with E-state index in [-0.39, 0.29) is 5.92 Å². The second-order valence-corrected chi connectivity index (χ2v) is 8.98. The third-order valence-corrected chi connectivity index (χ3v) is 6.98. The number of rotatable bonds is 3. The Morgan fingerprint density at radius 1 is 1.04 bits per heavy atom. The van der Waals surface area contributed by atoms with Gasteiger partial charge in [-0.1, -0.05) is 28.1 Å². The molecule has 1 saturated heterocycles. The summed E-state index contributed by atoms with van der Waals surface area (Å²) in [4.78, 5) is 0.327. The number of fused-ring (bicyclic) bond motifs is 1. The van der Waals surface area contributed by atoms with Crippen LogP contribution in [0.3, 0.4) is 0 Å². The van der Waals surface area contributed by atoms with Crippen LogP contribution in [0.15, 0.2) is 58.0 Å².